The molecule has 2 N–H and O–H groups in total. The van der Waals surface area contributed by atoms with E-state index in [1.54, 1.807) is 12.3 Å². The van der Waals surface area contributed by atoms with Crippen LogP contribution < -0.4 is 5.73 Å². The van der Waals surface area contributed by atoms with Crippen molar-refractivity contribution < 1.29 is 9.53 Å². The van der Waals surface area contributed by atoms with E-state index in [9.17, 15) is 4.79 Å². The van der Waals surface area contributed by atoms with Gasteiger partial charge in [-0.2, -0.15) is 0 Å². The number of hydrogen-bond donors (Lipinski definition) is 1. The number of ether oxygens (including phenoxy) is 1. The molecular formula is C16H17N3O2. The van der Waals surface area contributed by atoms with Gasteiger partial charge in [0.15, 0.2) is 0 Å². The molecule has 1 aliphatic heterocycles. The van der Waals surface area contributed by atoms with Gasteiger partial charge < -0.3 is 15.4 Å². The van der Waals surface area contributed by atoms with Gasteiger partial charge in [-0.25, -0.2) is 0 Å². The van der Waals surface area contributed by atoms with Crippen LogP contribution in [0.25, 0.3) is 11.3 Å². The molecule has 2 heterocycles. The molecule has 1 fully saturated rings. The van der Waals surface area contributed by atoms with Crippen molar-refractivity contribution in [3.05, 3.63) is 48.2 Å². The van der Waals surface area contributed by atoms with Crippen LogP contribution in [0, 0.1) is 0 Å². The Morgan fingerprint density at radius 2 is 1.86 bits per heavy atom. The monoisotopic (exact) mass is 283 g/mol. The second-order valence-corrected chi connectivity index (χ2v) is 4.92. The highest BCUT2D eigenvalue weighted by Crippen LogP contribution is 2.23. The van der Waals surface area contributed by atoms with E-state index in [1.807, 2.05) is 35.2 Å². The number of hydrogen-bond acceptors (Lipinski definition) is 4. The lowest BCUT2D eigenvalue weighted by molar-refractivity contribution is 0.0303. The highest BCUT2D eigenvalue weighted by Gasteiger charge is 2.18. The number of pyridine rings is 1. The van der Waals surface area contributed by atoms with Crippen LogP contribution in [0.5, 0.6) is 0 Å². The van der Waals surface area contributed by atoms with Gasteiger partial charge >= 0.3 is 0 Å². The highest BCUT2D eigenvalue weighted by molar-refractivity contribution is 5.94. The first kappa shape index (κ1) is 13.6. The predicted molar refractivity (Wildman–Crippen MR) is 80.8 cm³/mol. The summed E-state index contributed by atoms with van der Waals surface area (Å²) in [5.41, 5.74) is 8.87. The number of anilines is 1. The molecule has 0 unspecified atom stereocenters. The first-order chi connectivity index (χ1) is 10.3. The van der Waals surface area contributed by atoms with Crippen LogP contribution in [0.1, 0.15) is 10.4 Å². The largest absolute Gasteiger partial charge is 0.397 e. The summed E-state index contributed by atoms with van der Waals surface area (Å²) >= 11 is 0. The quantitative estimate of drug-likeness (QED) is 0.912. The average Bonchev–Trinajstić information content (AvgIpc) is 2.56. The third kappa shape index (κ3) is 2.87. The zero-order chi connectivity index (χ0) is 14.7. The van der Waals surface area contributed by atoms with Gasteiger partial charge in [-0.3, -0.25) is 9.78 Å². The number of nitrogens with two attached hydrogens (primary N) is 1. The standard InChI is InChI=1S/C16H17N3O2/c17-14-2-1-7-18-15(14)12-3-5-13(6-4-12)16(20)19-8-10-21-11-9-19/h1-7H,8-11,17H2. The SMILES string of the molecule is Nc1cccnc1-c1ccc(C(=O)N2CCOCC2)cc1. The lowest BCUT2D eigenvalue weighted by Crippen LogP contribution is -2.40. The van der Waals surface area contributed by atoms with Crippen molar-refractivity contribution >= 4 is 11.6 Å². The molecule has 0 saturated carbocycles. The summed E-state index contributed by atoms with van der Waals surface area (Å²) in [6.45, 7) is 2.50. The normalized spacial score (nSPS) is 15.0. The second-order valence-electron chi connectivity index (χ2n) is 4.92. The van der Waals surface area contributed by atoms with Crippen molar-refractivity contribution in [3.8, 4) is 11.3 Å². The van der Waals surface area contributed by atoms with Crippen LogP contribution in [-0.2, 0) is 4.74 Å². The van der Waals surface area contributed by atoms with Crippen LogP contribution in [-0.4, -0.2) is 42.1 Å². The Labute approximate surface area is 123 Å². The molecule has 5 heteroatoms. The van der Waals surface area contributed by atoms with E-state index in [0.29, 0.717) is 37.6 Å². The van der Waals surface area contributed by atoms with E-state index in [1.165, 1.54) is 0 Å². The van der Waals surface area contributed by atoms with Crippen molar-refractivity contribution in [1.82, 2.24) is 9.88 Å². The Balaban J connectivity index is 1.81. The number of aromatic nitrogens is 1. The molecule has 108 valence electrons. The van der Waals surface area contributed by atoms with Crippen LogP contribution in [0.15, 0.2) is 42.6 Å². The Bertz CT molecular complexity index is 634. The zero-order valence-electron chi connectivity index (χ0n) is 11.7. The molecule has 21 heavy (non-hydrogen) atoms. The van der Waals surface area contributed by atoms with E-state index in [-0.39, 0.29) is 5.91 Å². The van der Waals surface area contributed by atoms with E-state index in [2.05, 4.69) is 4.98 Å². The molecule has 1 saturated heterocycles. The van der Waals surface area contributed by atoms with Crippen LogP contribution in [0.4, 0.5) is 5.69 Å². The summed E-state index contributed by atoms with van der Waals surface area (Å²) in [6.07, 6.45) is 1.71. The third-order valence-electron chi connectivity index (χ3n) is 3.54. The van der Waals surface area contributed by atoms with Crippen molar-refractivity contribution in [2.24, 2.45) is 0 Å². The summed E-state index contributed by atoms with van der Waals surface area (Å²) in [5, 5.41) is 0. The third-order valence-corrected chi connectivity index (χ3v) is 3.54. The Morgan fingerprint density at radius 1 is 1.14 bits per heavy atom. The molecule has 5 nitrogen and oxygen atoms in total. The number of morpholine rings is 1. The van der Waals surface area contributed by atoms with Crippen molar-refractivity contribution in [2.45, 2.75) is 0 Å². The molecule has 1 aliphatic rings. The predicted octanol–water partition coefficient (Wildman–Crippen LogP) is 1.80. The second kappa shape index (κ2) is 5.93. The van der Waals surface area contributed by atoms with Gasteiger partial charge in [-0.15, -0.1) is 0 Å². The zero-order valence-corrected chi connectivity index (χ0v) is 11.7. The van der Waals surface area contributed by atoms with Crippen molar-refractivity contribution in [1.29, 1.82) is 0 Å². The van der Waals surface area contributed by atoms with Crippen molar-refractivity contribution in [2.75, 3.05) is 32.0 Å². The minimum absolute atomic E-state index is 0.0406. The maximum Gasteiger partial charge on any atom is 0.254 e. The summed E-state index contributed by atoms with van der Waals surface area (Å²) in [6, 6.07) is 11.0. The maximum atomic E-state index is 12.3. The molecule has 3 rings (SSSR count). The van der Waals surface area contributed by atoms with E-state index >= 15 is 0 Å². The van der Waals surface area contributed by atoms with Gasteiger partial charge in [-0.1, -0.05) is 12.1 Å². The minimum Gasteiger partial charge on any atom is -0.397 e. The minimum atomic E-state index is 0.0406. The number of nitrogen functional groups attached to an aromatic ring is 1. The fourth-order valence-corrected chi connectivity index (χ4v) is 2.38. The van der Waals surface area contributed by atoms with Gasteiger partial charge in [0.1, 0.15) is 0 Å². The molecule has 2 aromatic rings. The van der Waals surface area contributed by atoms with Crippen LogP contribution >= 0.6 is 0 Å². The number of nitrogens with zero attached hydrogens (tertiary/aromatic N) is 2. The fourth-order valence-electron chi connectivity index (χ4n) is 2.38. The number of carbonyl (C=O) groups is 1. The van der Waals surface area contributed by atoms with Gasteiger partial charge in [0.05, 0.1) is 24.6 Å². The van der Waals surface area contributed by atoms with E-state index in [4.69, 9.17) is 10.5 Å². The molecule has 1 aromatic carbocycles. The highest BCUT2D eigenvalue weighted by atomic mass is 16.5. The van der Waals surface area contributed by atoms with Crippen molar-refractivity contribution in [3.63, 3.8) is 0 Å². The summed E-state index contributed by atoms with van der Waals surface area (Å²) in [5.74, 6) is 0.0406. The molecule has 0 bridgehead atoms. The molecule has 0 atom stereocenters. The Kier molecular flexibility index (Phi) is 3.83. The summed E-state index contributed by atoms with van der Waals surface area (Å²) in [7, 11) is 0. The molecule has 0 radical (unpaired) electrons. The molecule has 0 aliphatic carbocycles. The lowest BCUT2D eigenvalue weighted by Gasteiger charge is -2.26. The summed E-state index contributed by atoms with van der Waals surface area (Å²) < 4.78 is 5.26. The first-order valence-electron chi connectivity index (χ1n) is 6.93. The number of amides is 1. The van der Waals surface area contributed by atoms with Gasteiger partial charge in [0.2, 0.25) is 0 Å². The van der Waals surface area contributed by atoms with Crippen LogP contribution in [0.3, 0.4) is 0 Å². The van der Waals surface area contributed by atoms with Gasteiger partial charge in [-0.05, 0) is 24.3 Å². The van der Waals surface area contributed by atoms with E-state index in [0.717, 1.165) is 11.3 Å². The number of rotatable bonds is 2. The van der Waals surface area contributed by atoms with E-state index < -0.39 is 0 Å². The fraction of sp³-hybridized carbons (Fsp3) is 0.250. The lowest BCUT2D eigenvalue weighted by atomic mass is 10.1. The van der Waals surface area contributed by atoms with Crippen LogP contribution in [0.2, 0.25) is 0 Å². The molecule has 0 spiro atoms. The molecule has 1 amide bonds. The number of carbonyl (C=O) groups excluding carboxylic acids is 1. The smallest absolute Gasteiger partial charge is 0.254 e. The first-order valence-corrected chi connectivity index (χ1v) is 6.93. The molecule has 1 aromatic heterocycles. The Morgan fingerprint density at radius 3 is 2.52 bits per heavy atom. The van der Waals surface area contributed by atoms with Gasteiger partial charge in [0.25, 0.3) is 5.91 Å². The Hall–Kier alpha value is -2.40. The number of benzene rings is 1. The summed E-state index contributed by atoms with van der Waals surface area (Å²) in [4.78, 5) is 18.4. The molecular weight excluding hydrogens is 266 g/mol. The maximum absolute atomic E-state index is 12.3. The average molecular weight is 283 g/mol. The van der Waals surface area contributed by atoms with Gasteiger partial charge in [0, 0.05) is 30.4 Å². The topological polar surface area (TPSA) is 68.5 Å².